The van der Waals surface area contributed by atoms with E-state index in [0.29, 0.717) is 32.7 Å². The Labute approximate surface area is 103 Å². The van der Waals surface area contributed by atoms with Gasteiger partial charge in [-0.3, -0.25) is 10.3 Å². The van der Waals surface area contributed by atoms with Gasteiger partial charge in [0.25, 0.3) is 0 Å². The van der Waals surface area contributed by atoms with Crippen LogP contribution in [0.3, 0.4) is 0 Å². The van der Waals surface area contributed by atoms with Crippen LogP contribution in [0.25, 0.3) is 0 Å². The standard InChI is InChI=1S/C10H22N4O2S/c1-9(2)8-17(15,16)14-5-3-13(4-6-14)7-10(11)12/h9H,3-8H2,1-2H3,(H3,11,12). The number of nitrogens with two attached hydrogens (primary N) is 1. The minimum Gasteiger partial charge on any atom is -0.387 e. The van der Waals surface area contributed by atoms with Crippen LogP contribution in [-0.2, 0) is 10.0 Å². The second-order valence-corrected chi connectivity index (χ2v) is 6.89. The summed E-state index contributed by atoms with van der Waals surface area (Å²) in [5.41, 5.74) is 5.32. The Morgan fingerprint density at radius 2 is 1.82 bits per heavy atom. The molecule has 1 aliphatic rings. The molecule has 0 amide bonds. The number of sulfonamides is 1. The van der Waals surface area contributed by atoms with Gasteiger partial charge in [-0.05, 0) is 5.92 Å². The average Bonchev–Trinajstić information content (AvgIpc) is 2.15. The zero-order valence-electron chi connectivity index (χ0n) is 10.5. The molecule has 1 saturated heterocycles. The van der Waals surface area contributed by atoms with E-state index in [4.69, 9.17) is 11.1 Å². The summed E-state index contributed by atoms with van der Waals surface area (Å²) in [6, 6.07) is 0. The molecule has 17 heavy (non-hydrogen) atoms. The lowest BCUT2D eigenvalue weighted by molar-refractivity contribution is 0.208. The second kappa shape index (κ2) is 5.79. The fourth-order valence-corrected chi connectivity index (χ4v) is 3.71. The van der Waals surface area contributed by atoms with Crippen molar-refractivity contribution in [1.82, 2.24) is 9.21 Å². The first-order valence-electron chi connectivity index (χ1n) is 5.84. The summed E-state index contributed by atoms with van der Waals surface area (Å²) in [6.07, 6.45) is 0. The highest BCUT2D eigenvalue weighted by Gasteiger charge is 2.27. The van der Waals surface area contributed by atoms with E-state index in [0.717, 1.165) is 0 Å². The van der Waals surface area contributed by atoms with Gasteiger partial charge in [0.15, 0.2) is 0 Å². The molecule has 1 heterocycles. The normalized spacial score (nSPS) is 19.7. The van der Waals surface area contributed by atoms with E-state index in [1.165, 1.54) is 0 Å². The van der Waals surface area contributed by atoms with E-state index >= 15 is 0 Å². The maximum atomic E-state index is 12.0. The van der Waals surface area contributed by atoms with Crippen LogP contribution in [0.4, 0.5) is 0 Å². The SMILES string of the molecule is CC(C)CS(=O)(=O)N1CCN(CC(=N)N)CC1. The van der Waals surface area contributed by atoms with Crippen molar-refractivity contribution in [2.75, 3.05) is 38.5 Å². The van der Waals surface area contributed by atoms with Crippen LogP contribution in [0.15, 0.2) is 0 Å². The highest BCUT2D eigenvalue weighted by Crippen LogP contribution is 2.10. The summed E-state index contributed by atoms with van der Waals surface area (Å²) in [5.74, 6) is 0.485. The van der Waals surface area contributed by atoms with E-state index in [9.17, 15) is 8.42 Å². The van der Waals surface area contributed by atoms with Gasteiger partial charge in [0.2, 0.25) is 10.0 Å². The Morgan fingerprint density at radius 1 is 1.29 bits per heavy atom. The number of rotatable bonds is 5. The molecule has 0 saturated carbocycles. The van der Waals surface area contributed by atoms with Gasteiger partial charge in [-0.2, -0.15) is 4.31 Å². The third-order valence-corrected chi connectivity index (χ3v) is 4.90. The number of nitrogens with zero attached hydrogens (tertiary/aromatic N) is 2. The van der Waals surface area contributed by atoms with Crippen LogP contribution >= 0.6 is 0 Å². The Balaban J connectivity index is 2.49. The molecule has 3 N–H and O–H groups in total. The molecule has 0 aromatic carbocycles. The van der Waals surface area contributed by atoms with Crippen molar-refractivity contribution in [3.05, 3.63) is 0 Å². The average molecular weight is 262 g/mol. The van der Waals surface area contributed by atoms with E-state index in [1.807, 2.05) is 18.7 Å². The molecule has 1 rings (SSSR count). The molecular weight excluding hydrogens is 240 g/mol. The summed E-state index contributed by atoms with van der Waals surface area (Å²) in [6.45, 7) is 6.55. The molecule has 7 heteroatoms. The van der Waals surface area contributed by atoms with Gasteiger partial charge < -0.3 is 5.73 Å². The van der Waals surface area contributed by atoms with Crippen molar-refractivity contribution in [2.24, 2.45) is 11.7 Å². The summed E-state index contributed by atoms with van der Waals surface area (Å²) >= 11 is 0. The summed E-state index contributed by atoms with van der Waals surface area (Å²) in [5, 5.41) is 7.20. The van der Waals surface area contributed by atoms with E-state index in [1.54, 1.807) is 4.31 Å². The lowest BCUT2D eigenvalue weighted by atomic mass is 10.3. The predicted molar refractivity (Wildman–Crippen MR) is 68.6 cm³/mol. The van der Waals surface area contributed by atoms with E-state index in [-0.39, 0.29) is 17.5 Å². The molecule has 0 spiro atoms. The Kier molecular flexibility index (Phi) is 4.91. The highest BCUT2D eigenvalue weighted by atomic mass is 32.2. The first-order valence-corrected chi connectivity index (χ1v) is 7.45. The van der Waals surface area contributed by atoms with Gasteiger partial charge in [0, 0.05) is 26.2 Å². The predicted octanol–water partition coefficient (Wildman–Crippen LogP) is -0.474. The van der Waals surface area contributed by atoms with Gasteiger partial charge >= 0.3 is 0 Å². The van der Waals surface area contributed by atoms with Crippen molar-refractivity contribution in [3.63, 3.8) is 0 Å². The van der Waals surface area contributed by atoms with Crippen LogP contribution in [0.5, 0.6) is 0 Å². The van der Waals surface area contributed by atoms with Crippen molar-refractivity contribution in [1.29, 1.82) is 5.41 Å². The second-order valence-electron chi connectivity index (χ2n) is 4.87. The first kappa shape index (κ1) is 14.4. The summed E-state index contributed by atoms with van der Waals surface area (Å²) < 4.78 is 25.5. The van der Waals surface area contributed by atoms with Crippen molar-refractivity contribution in [3.8, 4) is 0 Å². The number of piperazine rings is 1. The quantitative estimate of drug-likeness (QED) is 0.517. The molecule has 0 aliphatic carbocycles. The Hall–Kier alpha value is -0.660. The third-order valence-electron chi connectivity index (χ3n) is 2.66. The fourth-order valence-electron chi connectivity index (χ4n) is 1.93. The van der Waals surface area contributed by atoms with E-state index < -0.39 is 10.0 Å². The van der Waals surface area contributed by atoms with Gasteiger partial charge in [-0.25, -0.2) is 8.42 Å². The lowest BCUT2D eigenvalue weighted by Crippen LogP contribution is -2.51. The fraction of sp³-hybridized carbons (Fsp3) is 0.900. The molecule has 6 nitrogen and oxygen atoms in total. The minimum atomic E-state index is -3.11. The van der Waals surface area contributed by atoms with Crippen LogP contribution in [0.2, 0.25) is 0 Å². The van der Waals surface area contributed by atoms with E-state index in [2.05, 4.69) is 0 Å². The topological polar surface area (TPSA) is 90.5 Å². The zero-order chi connectivity index (χ0) is 13.1. The molecule has 0 radical (unpaired) electrons. The van der Waals surface area contributed by atoms with Gasteiger partial charge in [0.1, 0.15) is 5.84 Å². The number of nitrogens with one attached hydrogen (secondary N) is 1. The van der Waals surface area contributed by atoms with Gasteiger partial charge in [-0.15, -0.1) is 0 Å². The van der Waals surface area contributed by atoms with Crippen LogP contribution in [-0.4, -0.2) is 61.9 Å². The molecule has 0 bridgehead atoms. The number of hydrogen-bond donors (Lipinski definition) is 2. The molecule has 1 aliphatic heterocycles. The maximum absolute atomic E-state index is 12.0. The van der Waals surface area contributed by atoms with Crippen LogP contribution in [0, 0.1) is 11.3 Å². The summed E-state index contributed by atoms with van der Waals surface area (Å²) in [4.78, 5) is 2.00. The monoisotopic (exact) mass is 262 g/mol. The summed E-state index contributed by atoms with van der Waals surface area (Å²) in [7, 11) is -3.11. The van der Waals surface area contributed by atoms with Gasteiger partial charge in [0.05, 0.1) is 12.3 Å². The van der Waals surface area contributed by atoms with Crippen LogP contribution in [0.1, 0.15) is 13.8 Å². The maximum Gasteiger partial charge on any atom is 0.214 e. The minimum absolute atomic E-state index is 0.128. The van der Waals surface area contributed by atoms with Crippen LogP contribution < -0.4 is 5.73 Å². The number of amidine groups is 1. The lowest BCUT2D eigenvalue weighted by Gasteiger charge is -2.33. The smallest absolute Gasteiger partial charge is 0.214 e. The molecule has 0 aromatic rings. The molecule has 0 unspecified atom stereocenters. The molecule has 0 atom stereocenters. The van der Waals surface area contributed by atoms with Crippen molar-refractivity contribution in [2.45, 2.75) is 13.8 Å². The highest BCUT2D eigenvalue weighted by molar-refractivity contribution is 7.89. The molecular formula is C10H22N4O2S. The van der Waals surface area contributed by atoms with Crippen molar-refractivity contribution < 1.29 is 8.42 Å². The Morgan fingerprint density at radius 3 is 2.24 bits per heavy atom. The zero-order valence-corrected chi connectivity index (χ0v) is 11.3. The largest absolute Gasteiger partial charge is 0.387 e. The number of hydrogen-bond acceptors (Lipinski definition) is 4. The van der Waals surface area contributed by atoms with Crippen molar-refractivity contribution >= 4 is 15.9 Å². The third kappa shape index (κ3) is 4.61. The molecule has 100 valence electrons. The first-order chi connectivity index (χ1) is 7.81. The molecule has 1 fully saturated rings. The Bertz CT molecular complexity index is 359. The molecule has 0 aromatic heterocycles. The van der Waals surface area contributed by atoms with Gasteiger partial charge in [-0.1, -0.05) is 13.8 Å².